The summed E-state index contributed by atoms with van der Waals surface area (Å²) in [7, 11) is -4.25. The monoisotopic (exact) mass is 387 g/mol. The van der Waals surface area contributed by atoms with Crippen LogP contribution in [0.4, 0.5) is 8.78 Å². The molecule has 2 unspecified atom stereocenters. The maximum Gasteiger partial charge on any atom is 0.248 e. The van der Waals surface area contributed by atoms with Crippen LogP contribution in [0.1, 0.15) is 25.7 Å². The van der Waals surface area contributed by atoms with E-state index in [9.17, 15) is 22.0 Å². The molecular formula is C17H23F2N3O3S. The van der Waals surface area contributed by atoms with Gasteiger partial charge in [0.15, 0.2) is 4.90 Å². The van der Waals surface area contributed by atoms with Gasteiger partial charge in [-0.3, -0.25) is 4.79 Å². The van der Waals surface area contributed by atoms with E-state index in [-0.39, 0.29) is 31.0 Å². The van der Waals surface area contributed by atoms with Gasteiger partial charge in [-0.25, -0.2) is 17.2 Å². The second-order valence-electron chi connectivity index (χ2n) is 6.82. The molecule has 2 saturated heterocycles. The molecule has 2 aliphatic heterocycles. The van der Waals surface area contributed by atoms with E-state index in [2.05, 4.69) is 10.6 Å². The Hall–Kier alpha value is -1.58. The van der Waals surface area contributed by atoms with Crippen LogP contribution in [0.25, 0.3) is 0 Å². The number of halogens is 2. The van der Waals surface area contributed by atoms with Crippen LogP contribution in [0.3, 0.4) is 0 Å². The summed E-state index contributed by atoms with van der Waals surface area (Å²) in [5.74, 6) is -2.35. The maximum absolute atomic E-state index is 13.9. The third-order valence-electron chi connectivity index (χ3n) is 4.94. The summed E-state index contributed by atoms with van der Waals surface area (Å²) in [4.78, 5) is 11.2. The van der Waals surface area contributed by atoms with Crippen molar-refractivity contribution >= 4 is 15.9 Å². The van der Waals surface area contributed by atoms with Gasteiger partial charge in [0.1, 0.15) is 11.6 Å². The third kappa shape index (κ3) is 4.05. The second-order valence-corrected chi connectivity index (χ2v) is 8.69. The van der Waals surface area contributed by atoms with Crippen LogP contribution in [-0.4, -0.2) is 50.9 Å². The molecule has 144 valence electrons. The third-order valence-corrected chi connectivity index (χ3v) is 6.86. The maximum atomic E-state index is 13.9. The largest absolute Gasteiger partial charge is 0.354 e. The lowest BCUT2D eigenvalue weighted by Gasteiger charge is -2.32. The standard InChI is InChI=1S/C17H23F2N3O3S/c18-13-5-1-6-14(19)16(13)26(24,25)22-9-3-4-12(11-22)10-21-17(23)15-7-2-8-20-15/h1,5-6,12,15,20H,2-4,7-11H2,(H,21,23). The van der Waals surface area contributed by atoms with Gasteiger partial charge in [0.2, 0.25) is 15.9 Å². The molecule has 1 aromatic carbocycles. The molecule has 26 heavy (non-hydrogen) atoms. The lowest BCUT2D eigenvalue weighted by Crippen LogP contribution is -2.46. The second kappa shape index (κ2) is 7.98. The molecule has 2 aliphatic rings. The predicted octanol–water partition coefficient (Wildman–Crippen LogP) is 1.23. The first kappa shape index (κ1) is 19.2. The number of sulfonamides is 1. The smallest absolute Gasteiger partial charge is 0.248 e. The number of benzene rings is 1. The Bertz CT molecular complexity index is 746. The Morgan fingerprint density at radius 2 is 1.96 bits per heavy atom. The van der Waals surface area contributed by atoms with Crippen LogP contribution in [0.5, 0.6) is 0 Å². The average Bonchev–Trinajstić information content (AvgIpc) is 3.14. The lowest BCUT2D eigenvalue weighted by atomic mass is 9.99. The minimum absolute atomic E-state index is 0.0809. The van der Waals surface area contributed by atoms with Gasteiger partial charge in [0, 0.05) is 19.6 Å². The van der Waals surface area contributed by atoms with E-state index >= 15 is 0 Å². The summed E-state index contributed by atoms with van der Waals surface area (Å²) in [6, 6.07) is 2.82. The molecule has 0 radical (unpaired) electrons. The Morgan fingerprint density at radius 1 is 1.23 bits per heavy atom. The van der Waals surface area contributed by atoms with Crippen LogP contribution < -0.4 is 10.6 Å². The fraction of sp³-hybridized carbons (Fsp3) is 0.588. The zero-order valence-electron chi connectivity index (χ0n) is 14.4. The summed E-state index contributed by atoms with van der Waals surface area (Å²) in [6.45, 7) is 1.52. The van der Waals surface area contributed by atoms with E-state index in [0.717, 1.165) is 48.3 Å². The fourth-order valence-electron chi connectivity index (χ4n) is 3.55. The van der Waals surface area contributed by atoms with Crippen molar-refractivity contribution in [3.05, 3.63) is 29.8 Å². The summed E-state index contributed by atoms with van der Waals surface area (Å²) >= 11 is 0. The van der Waals surface area contributed by atoms with Crippen molar-refractivity contribution < 1.29 is 22.0 Å². The zero-order chi connectivity index (χ0) is 18.7. The van der Waals surface area contributed by atoms with Crippen molar-refractivity contribution in [2.45, 2.75) is 36.6 Å². The molecule has 0 spiro atoms. The molecule has 2 N–H and O–H groups in total. The van der Waals surface area contributed by atoms with Crippen LogP contribution in [-0.2, 0) is 14.8 Å². The van der Waals surface area contributed by atoms with Gasteiger partial charge in [-0.05, 0) is 50.3 Å². The quantitative estimate of drug-likeness (QED) is 0.797. The molecule has 2 heterocycles. The SMILES string of the molecule is O=C(NCC1CCCN(S(=O)(=O)c2c(F)cccc2F)C1)C1CCCN1. The van der Waals surface area contributed by atoms with Gasteiger partial charge in [-0.2, -0.15) is 4.31 Å². The average molecular weight is 387 g/mol. The first-order valence-corrected chi connectivity index (χ1v) is 10.3. The summed E-state index contributed by atoms with van der Waals surface area (Å²) in [6.07, 6.45) is 3.09. The minimum Gasteiger partial charge on any atom is -0.354 e. The topological polar surface area (TPSA) is 78.5 Å². The number of carbonyl (C=O) groups excluding carboxylic acids is 1. The van der Waals surface area contributed by atoms with Crippen molar-refractivity contribution in [1.82, 2.24) is 14.9 Å². The molecular weight excluding hydrogens is 364 g/mol. The highest BCUT2D eigenvalue weighted by atomic mass is 32.2. The van der Waals surface area contributed by atoms with E-state index in [4.69, 9.17) is 0 Å². The van der Waals surface area contributed by atoms with Crippen molar-refractivity contribution in [3.63, 3.8) is 0 Å². The molecule has 2 fully saturated rings. The normalized spacial score (nSPS) is 24.5. The molecule has 6 nitrogen and oxygen atoms in total. The minimum atomic E-state index is -4.25. The molecule has 3 rings (SSSR count). The number of piperidine rings is 1. The first-order valence-electron chi connectivity index (χ1n) is 8.85. The molecule has 1 amide bonds. The van der Waals surface area contributed by atoms with Crippen LogP contribution in [0, 0.1) is 17.6 Å². The Balaban J connectivity index is 1.65. The fourth-order valence-corrected chi connectivity index (χ4v) is 5.21. The highest BCUT2D eigenvalue weighted by Crippen LogP contribution is 2.27. The highest BCUT2D eigenvalue weighted by molar-refractivity contribution is 7.89. The van der Waals surface area contributed by atoms with E-state index < -0.39 is 26.6 Å². The Kier molecular flexibility index (Phi) is 5.89. The number of nitrogens with zero attached hydrogens (tertiary/aromatic N) is 1. The number of amides is 1. The molecule has 0 bridgehead atoms. The number of nitrogens with one attached hydrogen (secondary N) is 2. The van der Waals surface area contributed by atoms with Crippen molar-refractivity contribution in [3.8, 4) is 0 Å². The molecule has 1 aromatic rings. The predicted molar refractivity (Wildman–Crippen MR) is 91.9 cm³/mol. The molecule has 2 atom stereocenters. The molecule has 9 heteroatoms. The lowest BCUT2D eigenvalue weighted by molar-refractivity contribution is -0.123. The van der Waals surface area contributed by atoms with E-state index in [1.54, 1.807) is 0 Å². The van der Waals surface area contributed by atoms with Crippen LogP contribution >= 0.6 is 0 Å². The van der Waals surface area contributed by atoms with E-state index in [1.165, 1.54) is 0 Å². The van der Waals surface area contributed by atoms with Gasteiger partial charge < -0.3 is 10.6 Å². The first-order chi connectivity index (χ1) is 12.4. The highest BCUT2D eigenvalue weighted by Gasteiger charge is 2.34. The number of carbonyl (C=O) groups is 1. The van der Waals surface area contributed by atoms with Crippen molar-refractivity contribution in [1.29, 1.82) is 0 Å². The molecule has 0 aliphatic carbocycles. The summed E-state index contributed by atoms with van der Waals surface area (Å²) < 4.78 is 54.3. The van der Waals surface area contributed by atoms with Gasteiger partial charge >= 0.3 is 0 Å². The Morgan fingerprint density at radius 3 is 2.62 bits per heavy atom. The van der Waals surface area contributed by atoms with Crippen LogP contribution in [0.2, 0.25) is 0 Å². The number of rotatable bonds is 5. The number of hydrogen-bond donors (Lipinski definition) is 2. The summed E-state index contributed by atoms with van der Waals surface area (Å²) in [5.41, 5.74) is 0. The Labute approximate surface area is 152 Å². The van der Waals surface area contributed by atoms with Crippen molar-refractivity contribution in [2.24, 2.45) is 5.92 Å². The molecule has 0 saturated carbocycles. The van der Waals surface area contributed by atoms with Gasteiger partial charge in [0.05, 0.1) is 6.04 Å². The van der Waals surface area contributed by atoms with Crippen molar-refractivity contribution in [2.75, 3.05) is 26.2 Å². The van der Waals surface area contributed by atoms with Gasteiger partial charge in [-0.1, -0.05) is 6.07 Å². The van der Waals surface area contributed by atoms with Crippen LogP contribution in [0.15, 0.2) is 23.1 Å². The van der Waals surface area contributed by atoms with E-state index in [0.29, 0.717) is 13.0 Å². The zero-order valence-corrected chi connectivity index (χ0v) is 15.2. The summed E-state index contributed by atoms with van der Waals surface area (Å²) in [5, 5.41) is 5.97. The van der Waals surface area contributed by atoms with Gasteiger partial charge in [-0.15, -0.1) is 0 Å². The van der Waals surface area contributed by atoms with Gasteiger partial charge in [0.25, 0.3) is 0 Å². The molecule has 0 aromatic heterocycles. The number of hydrogen-bond acceptors (Lipinski definition) is 4. The van der Waals surface area contributed by atoms with E-state index in [1.807, 2.05) is 0 Å².